The third-order valence-corrected chi connectivity index (χ3v) is 4.33. The van der Waals surface area contributed by atoms with Crippen LogP contribution in [0, 0.1) is 0 Å². The summed E-state index contributed by atoms with van der Waals surface area (Å²) in [4.78, 5) is 0. The summed E-state index contributed by atoms with van der Waals surface area (Å²) >= 11 is 0. The molecule has 0 aromatic carbocycles. The van der Waals surface area contributed by atoms with Crippen LogP contribution < -0.4 is 0 Å². The van der Waals surface area contributed by atoms with Gasteiger partial charge in [0.05, 0.1) is 11.2 Å². The van der Waals surface area contributed by atoms with Crippen LogP contribution in [0.15, 0.2) is 23.8 Å². The fourth-order valence-corrected chi connectivity index (χ4v) is 2.40. The molecule has 1 fully saturated rings. The van der Waals surface area contributed by atoms with Gasteiger partial charge in [0.1, 0.15) is 0 Å². The van der Waals surface area contributed by atoms with E-state index in [4.69, 9.17) is 9.31 Å². The van der Waals surface area contributed by atoms with E-state index in [9.17, 15) is 0 Å². The lowest BCUT2D eigenvalue weighted by Crippen LogP contribution is -2.41. The van der Waals surface area contributed by atoms with Gasteiger partial charge in [-0.25, -0.2) is 0 Å². The molecule has 2 rings (SSSR count). The van der Waals surface area contributed by atoms with Gasteiger partial charge in [-0.05, 0) is 47.0 Å². The second kappa shape index (κ2) is 4.29. The fourth-order valence-electron chi connectivity index (χ4n) is 2.40. The Morgan fingerprint density at radius 2 is 1.65 bits per heavy atom. The largest absolute Gasteiger partial charge is 0.462 e. The van der Waals surface area contributed by atoms with Gasteiger partial charge in [-0.15, -0.1) is 6.58 Å². The second-order valence-corrected chi connectivity index (χ2v) is 6.09. The van der Waals surface area contributed by atoms with Crippen LogP contribution in [0.5, 0.6) is 0 Å². The summed E-state index contributed by atoms with van der Waals surface area (Å²) < 4.78 is 12.0. The van der Waals surface area contributed by atoms with Crippen LogP contribution in [-0.2, 0) is 9.31 Å². The topological polar surface area (TPSA) is 18.5 Å². The van der Waals surface area contributed by atoms with Crippen molar-refractivity contribution in [3.63, 3.8) is 0 Å². The maximum Gasteiger partial charge on any atom is 0.462 e. The summed E-state index contributed by atoms with van der Waals surface area (Å²) in [5, 5.41) is 0. The molecule has 1 heterocycles. The van der Waals surface area contributed by atoms with E-state index >= 15 is 0 Å². The molecule has 2 nitrogen and oxygen atoms in total. The van der Waals surface area contributed by atoms with Crippen LogP contribution in [0.25, 0.3) is 0 Å². The summed E-state index contributed by atoms with van der Waals surface area (Å²) in [6, 6.07) is 0. The van der Waals surface area contributed by atoms with Gasteiger partial charge in [-0.2, -0.15) is 0 Å². The van der Waals surface area contributed by atoms with E-state index in [1.165, 1.54) is 24.0 Å². The average molecular weight is 234 g/mol. The lowest BCUT2D eigenvalue weighted by atomic mass is 9.72. The zero-order chi connectivity index (χ0) is 12.7. The van der Waals surface area contributed by atoms with Crippen molar-refractivity contribution in [1.29, 1.82) is 0 Å². The van der Waals surface area contributed by atoms with Crippen LogP contribution in [-0.4, -0.2) is 18.3 Å². The quantitative estimate of drug-likeness (QED) is 0.544. The highest BCUT2D eigenvalue weighted by Gasteiger charge is 2.51. The first-order valence-electron chi connectivity index (χ1n) is 6.52. The molecule has 0 atom stereocenters. The number of rotatable bonds is 4. The standard InChI is InChI=1S/C14H23BO2/c1-6-7-11-8-9-12(11)10-15-16-13(2,3)14(4,5)17-15/h6H,1,7-10H2,2-5H3. The molecule has 3 heteroatoms. The van der Waals surface area contributed by atoms with Gasteiger partial charge < -0.3 is 9.31 Å². The van der Waals surface area contributed by atoms with Crippen LogP contribution in [0.4, 0.5) is 0 Å². The first kappa shape index (κ1) is 12.9. The second-order valence-electron chi connectivity index (χ2n) is 6.09. The number of hydrogen-bond acceptors (Lipinski definition) is 2. The minimum Gasteiger partial charge on any atom is -0.403 e. The SMILES string of the molecule is C=CCC1=C(CB2OC(C)(C)C(C)(C)O2)CC1. The Labute approximate surface area is 105 Å². The van der Waals surface area contributed by atoms with Gasteiger partial charge >= 0.3 is 7.12 Å². The van der Waals surface area contributed by atoms with Gasteiger partial charge in [0.2, 0.25) is 0 Å². The van der Waals surface area contributed by atoms with Gasteiger partial charge in [-0.1, -0.05) is 17.2 Å². The molecule has 0 aromatic heterocycles. The van der Waals surface area contributed by atoms with Crippen molar-refractivity contribution in [3.05, 3.63) is 23.8 Å². The van der Waals surface area contributed by atoms with E-state index in [0.29, 0.717) is 0 Å². The Balaban J connectivity index is 1.99. The van der Waals surface area contributed by atoms with Crippen molar-refractivity contribution in [3.8, 4) is 0 Å². The van der Waals surface area contributed by atoms with Crippen molar-refractivity contribution < 1.29 is 9.31 Å². The lowest BCUT2D eigenvalue weighted by Gasteiger charge is -2.32. The molecule has 17 heavy (non-hydrogen) atoms. The molecule has 0 bridgehead atoms. The van der Waals surface area contributed by atoms with E-state index in [-0.39, 0.29) is 18.3 Å². The monoisotopic (exact) mass is 234 g/mol. The highest BCUT2D eigenvalue weighted by molar-refractivity contribution is 6.46. The molecule has 0 N–H and O–H groups in total. The first-order chi connectivity index (χ1) is 7.86. The normalized spacial score (nSPS) is 26.0. The van der Waals surface area contributed by atoms with Crippen molar-refractivity contribution >= 4 is 7.12 Å². The molecule has 0 radical (unpaired) electrons. The summed E-state index contributed by atoms with van der Waals surface area (Å²) in [5.74, 6) is 0. The Morgan fingerprint density at radius 3 is 2.06 bits per heavy atom. The van der Waals surface area contributed by atoms with E-state index in [0.717, 1.165) is 12.7 Å². The van der Waals surface area contributed by atoms with Crippen molar-refractivity contribution in [2.75, 3.05) is 0 Å². The maximum atomic E-state index is 6.01. The third-order valence-electron chi connectivity index (χ3n) is 4.33. The van der Waals surface area contributed by atoms with E-state index in [1.807, 2.05) is 6.08 Å². The summed E-state index contributed by atoms with van der Waals surface area (Å²) in [6.07, 6.45) is 6.36. The molecule has 0 aromatic rings. The molecule has 0 saturated carbocycles. The predicted octanol–water partition coefficient (Wildman–Crippen LogP) is 3.75. The van der Waals surface area contributed by atoms with E-state index < -0.39 is 0 Å². The average Bonchev–Trinajstić information content (AvgIpc) is 2.39. The Bertz CT molecular complexity index is 339. The minimum absolute atomic E-state index is 0.0740. The van der Waals surface area contributed by atoms with Crippen molar-refractivity contribution in [2.24, 2.45) is 0 Å². The first-order valence-corrected chi connectivity index (χ1v) is 6.52. The molecule has 0 spiro atoms. The Hall–Kier alpha value is -0.535. The summed E-state index contributed by atoms with van der Waals surface area (Å²) in [7, 11) is -0.0740. The van der Waals surface area contributed by atoms with Crippen LogP contribution in [0.3, 0.4) is 0 Å². The fraction of sp³-hybridized carbons (Fsp3) is 0.714. The Morgan fingerprint density at radius 1 is 1.12 bits per heavy atom. The van der Waals surface area contributed by atoms with Crippen molar-refractivity contribution in [2.45, 2.75) is 64.5 Å². The highest BCUT2D eigenvalue weighted by atomic mass is 16.7. The molecule has 1 aliphatic heterocycles. The molecular formula is C14H23BO2. The zero-order valence-corrected chi connectivity index (χ0v) is 11.5. The summed E-state index contributed by atoms with van der Waals surface area (Å²) in [5.41, 5.74) is 2.64. The van der Waals surface area contributed by atoms with Gasteiger partial charge in [-0.3, -0.25) is 0 Å². The van der Waals surface area contributed by atoms with Crippen molar-refractivity contribution in [1.82, 2.24) is 0 Å². The van der Waals surface area contributed by atoms with Crippen LogP contribution in [0.1, 0.15) is 47.0 Å². The van der Waals surface area contributed by atoms with Crippen LogP contribution >= 0.6 is 0 Å². The summed E-state index contributed by atoms with van der Waals surface area (Å²) in [6.45, 7) is 12.2. The molecule has 1 saturated heterocycles. The van der Waals surface area contributed by atoms with Crippen LogP contribution in [0.2, 0.25) is 6.32 Å². The Kier molecular flexibility index (Phi) is 3.26. The minimum atomic E-state index is -0.208. The molecule has 0 amide bonds. The molecule has 94 valence electrons. The number of allylic oxidation sites excluding steroid dienone is 3. The predicted molar refractivity (Wildman–Crippen MR) is 72.0 cm³/mol. The van der Waals surface area contributed by atoms with E-state index in [2.05, 4.69) is 34.3 Å². The number of hydrogen-bond donors (Lipinski definition) is 0. The van der Waals surface area contributed by atoms with Gasteiger partial charge in [0, 0.05) is 6.32 Å². The molecule has 0 unspecified atom stereocenters. The van der Waals surface area contributed by atoms with Gasteiger partial charge in [0.15, 0.2) is 0 Å². The smallest absolute Gasteiger partial charge is 0.403 e. The molecular weight excluding hydrogens is 211 g/mol. The van der Waals surface area contributed by atoms with E-state index in [1.54, 1.807) is 0 Å². The third kappa shape index (κ3) is 2.36. The molecule has 1 aliphatic carbocycles. The maximum absolute atomic E-state index is 6.01. The molecule has 2 aliphatic rings. The van der Waals surface area contributed by atoms with Gasteiger partial charge in [0.25, 0.3) is 0 Å². The zero-order valence-electron chi connectivity index (χ0n) is 11.5. The highest BCUT2D eigenvalue weighted by Crippen LogP contribution is 2.41. The lowest BCUT2D eigenvalue weighted by molar-refractivity contribution is 0.00578.